The summed E-state index contributed by atoms with van der Waals surface area (Å²) >= 11 is 0. The normalized spacial score (nSPS) is 11.1. The summed E-state index contributed by atoms with van der Waals surface area (Å²) < 4.78 is 5.68. The molecule has 102 valence electrons. The van der Waals surface area contributed by atoms with Crippen molar-refractivity contribution in [3.8, 4) is 11.6 Å². The average Bonchev–Trinajstić information content (AvgIpc) is 2.96. The second-order valence-electron chi connectivity index (χ2n) is 4.56. The van der Waals surface area contributed by atoms with Gasteiger partial charge in [-0.3, -0.25) is 4.98 Å². The lowest BCUT2D eigenvalue weighted by atomic mass is 10.1. The molecular formula is C15H16N4O. The van der Waals surface area contributed by atoms with Crippen molar-refractivity contribution in [2.75, 3.05) is 6.54 Å². The van der Waals surface area contributed by atoms with Gasteiger partial charge in [-0.1, -0.05) is 31.2 Å². The third kappa shape index (κ3) is 2.53. The molecule has 0 saturated carbocycles. The van der Waals surface area contributed by atoms with Gasteiger partial charge in [-0.05, 0) is 24.4 Å². The molecule has 0 amide bonds. The Labute approximate surface area is 117 Å². The predicted molar refractivity (Wildman–Crippen MR) is 77.0 cm³/mol. The fraction of sp³-hybridized carbons (Fsp3) is 0.267. The van der Waals surface area contributed by atoms with E-state index in [1.165, 1.54) is 0 Å². The minimum absolute atomic E-state index is 0.468. The summed E-state index contributed by atoms with van der Waals surface area (Å²) in [4.78, 5) is 4.37. The number of pyridine rings is 1. The molecule has 0 radical (unpaired) electrons. The molecule has 0 spiro atoms. The van der Waals surface area contributed by atoms with E-state index in [0.29, 0.717) is 18.3 Å². The Bertz CT molecular complexity index is 702. The van der Waals surface area contributed by atoms with Gasteiger partial charge in [0.25, 0.3) is 5.89 Å². The van der Waals surface area contributed by atoms with Crippen molar-refractivity contribution in [2.24, 2.45) is 0 Å². The van der Waals surface area contributed by atoms with Crippen LogP contribution in [0.15, 0.2) is 40.9 Å². The highest BCUT2D eigenvalue weighted by Gasteiger charge is 2.12. The van der Waals surface area contributed by atoms with Crippen LogP contribution in [0.1, 0.15) is 19.2 Å². The second-order valence-corrected chi connectivity index (χ2v) is 4.56. The molecule has 0 aliphatic carbocycles. The van der Waals surface area contributed by atoms with Crippen molar-refractivity contribution >= 4 is 10.8 Å². The summed E-state index contributed by atoms with van der Waals surface area (Å²) in [7, 11) is 0. The van der Waals surface area contributed by atoms with E-state index in [4.69, 9.17) is 4.42 Å². The summed E-state index contributed by atoms with van der Waals surface area (Å²) in [6.45, 7) is 3.64. The van der Waals surface area contributed by atoms with Crippen molar-refractivity contribution < 1.29 is 4.42 Å². The first kappa shape index (κ1) is 12.7. The number of hydrogen-bond acceptors (Lipinski definition) is 5. The van der Waals surface area contributed by atoms with E-state index in [1.807, 2.05) is 30.3 Å². The lowest BCUT2D eigenvalue weighted by Crippen LogP contribution is -2.13. The summed E-state index contributed by atoms with van der Waals surface area (Å²) in [5.41, 5.74) is 0.734. The van der Waals surface area contributed by atoms with E-state index >= 15 is 0 Å². The number of fused-ring (bicyclic) bond motifs is 1. The van der Waals surface area contributed by atoms with Crippen LogP contribution in [-0.2, 0) is 6.54 Å². The molecule has 1 aromatic carbocycles. The molecular weight excluding hydrogens is 252 g/mol. The smallest absolute Gasteiger partial charge is 0.266 e. The van der Waals surface area contributed by atoms with Crippen LogP contribution in [0.5, 0.6) is 0 Å². The number of hydrogen-bond donors (Lipinski definition) is 1. The van der Waals surface area contributed by atoms with Crippen molar-refractivity contribution in [3.05, 3.63) is 42.4 Å². The van der Waals surface area contributed by atoms with Crippen molar-refractivity contribution in [2.45, 2.75) is 19.9 Å². The third-order valence-corrected chi connectivity index (χ3v) is 3.05. The van der Waals surface area contributed by atoms with Gasteiger partial charge in [0.15, 0.2) is 0 Å². The highest BCUT2D eigenvalue weighted by atomic mass is 16.4. The van der Waals surface area contributed by atoms with Gasteiger partial charge < -0.3 is 9.73 Å². The van der Waals surface area contributed by atoms with Crippen LogP contribution in [0.3, 0.4) is 0 Å². The number of benzene rings is 1. The van der Waals surface area contributed by atoms with Gasteiger partial charge >= 0.3 is 0 Å². The van der Waals surface area contributed by atoms with Crippen molar-refractivity contribution in [1.82, 2.24) is 20.5 Å². The molecule has 0 saturated heterocycles. The maximum atomic E-state index is 5.68. The number of nitrogens with one attached hydrogen (secondary N) is 1. The Hall–Kier alpha value is -2.27. The largest absolute Gasteiger partial charge is 0.418 e. The SMILES string of the molecule is CCCNCc1nnc(-c2nccc3ccccc23)o1. The zero-order chi connectivity index (χ0) is 13.8. The Morgan fingerprint density at radius 2 is 2.05 bits per heavy atom. The van der Waals surface area contributed by atoms with E-state index in [9.17, 15) is 0 Å². The fourth-order valence-electron chi connectivity index (χ4n) is 2.08. The van der Waals surface area contributed by atoms with E-state index < -0.39 is 0 Å². The molecule has 2 aromatic heterocycles. The van der Waals surface area contributed by atoms with Crippen molar-refractivity contribution in [3.63, 3.8) is 0 Å². The molecule has 3 aromatic rings. The van der Waals surface area contributed by atoms with E-state index in [0.717, 1.165) is 29.4 Å². The molecule has 0 fully saturated rings. The zero-order valence-electron chi connectivity index (χ0n) is 11.3. The first-order chi connectivity index (χ1) is 9.88. The summed E-state index contributed by atoms with van der Waals surface area (Å²) in [5, 5.41) is 13.5. The zero-order valence-corrected chi connectivity index (χ0v) is 11.3. The molecule has 3 rings (SSSR count). The second kappa shape index (κ2) is 5.79. The summed E-state index contributed by atoms with van der Waals surface area (Å²) in [5.74, 6) is 1.05. The molecule has 0 aliphatic rings. The van der Waals surface area contributed by atoms with E-state index in [2.05, 4.69) is 27.4 Å². The van der Waals surface area contributed by atoms with Gasteiger partial charge in [-0.2, -0.15) is 0 Å². The minimum Gasteiger partial charge on any atom is -0.418 e. The van der Waals surface area contributed by atoms with Crippen LogP contribution in [0.25, 0.3) is 22.4 Å². The maximum Gasteiger partial charge on any atom is 0.266 e. The monoisotopic (exact) mass is 268 g/mol. The van der Waals surface area contributed by atoms with Gasteiger partial charge in [0, 0.05) is 11.6 Å². The van der Waals surface area contributed by atoms with Gasteiger partial charge in [0.05, 0.1) is 6.54 Å². The summed E-state index contributed by atoms with van der Waals surface area (Å²) in [6.07, 6.45) is 2.84. The quantitative estimate of drug-likeness (QED) is 0.721. The van der Waals surface area contributed by atoms with Crippen molar-refractivity contribution in [1.29, 1.82) is 0 Å². The van der Waals surface area contributed by atoms with Gasteiger partial charge in [-0.15, -0.1) is 10.2 Å². The predicted octanol–water partition coefficient (Wildman–Crippen LogP) is 2.78. The van der Waals surface area contributed by atoms with E-state index in [1.54, 1.807) is 6.20 Å². The van der Waals surface area contributed by atoms with Gasteiger partial charge in [-0.25, -0.2) is 0 Å². The highest BCUT2D eigenvalue weighted by Crippen LogP contribution is 2.25. The summed E-state index contributed by atoms with van der Waals surface area (Å²) in [6, 6.07) is 10.0. The van der Waals surface area contributed by atoms with Crippen LogP contribution in [0, 0.1) is 0 Å². The number of aromatic nitrogens is 3. The highest BCUT2D eigenvalue weighted by molar-refractivity contribution is 5.92. The number of rotatable bonds is 5. The molecule has 0 bridgehead atoms. The molecule has 0 aliphatic heterocycles. The maximum absolute atomic E-state index is 5.68. The molecule has 20 heavy (non-hydrogen) atoms. The fourth-order valence-corrected chi connectivity index (χ4v) is 2.08. The Kier molecular flexibility index (Phi) is 3.69. The van der Waals surface area contributed by atoms with Crippen LogP contribution in [0.4, 0.5) is 0 Å². The van der Waals surface area contributed by atoms with Crippen LogP contribution >= 0.6 is 0 Å². The Morgan fingerprint density at radius 3 is 2.95 bits per heavy atom. The van der Waals surface area contributed by atoms with E-state index in [-0.39, 0.29) is 0 Å². The topological polar surface area (TPSA) is 63.8 Å². The lowest BCUT2D eigenvalue weighted by molar-refractivity contribution is 0.477. The van der Waals surface area contributed by atoms with Gasteiger partial charge in [0.2, 0.25) is 5.89 Å². The molecule has 5 heteroatoms. The molecule has 0 atom stereocenters. The molecule has 5 nitrogen and oxygen atoms in total. The van der Waals surface area contributed by atoms with Gasteiger partial charge in [0.1, 0.15) is 5.69 Å². The molecule has 0 unspecified atom stereocenters. The number of nitrogens with zero attached hydrogens (tertiary/aromatic N) is 3. The average molecular weight is 268 g/mol. The molecule has 2 heterocycles. The first-order valence-corrected chi connectivity index (χ1v) is 6.75. The minimum atomic E-state index is 0.468. The third-order valence-electron chi connectivity index (χ3n) is 3.05. The molecule has 1 N–H and O–H groups in total. The Morgan fingerprint density at radius 1 is 1.15 bits per heavy atom. The Balaban J connectivity index is 1.91. The first-order valence-electron chi connectivity index (χ1n) is 6.75. The van der Waals surface area contributed by atoms with Crippen LogP contribution < -0.4 is 5.32 Å². The standard InChI is InChI=1S/C15H16N4O/c1-2-8-16-10-13-18-19-15(20-13)14-12-6-4-3-5-11(12)7-9-17-14/h3-7,9,16H,2,8,10H2,1H3. The van der Waals surface area contributed by atoms with Crippen LogP contribution in [0.2, 0.25) is 0 Å². The van der Waals surface area contributed by atoms with Crippen LogP contribution in [-0.4, -0.2) is 21.7 Å². The lowest BCUT2D eigenvalue weighted by Gasteiger charge is -2.01.